The highest BCUT2D eigenvalue weighted by Gasteiger charge is 2.54. The number of hydrogen-bond acceptors (Lipinski definition) is 2. The summed E-state index contributed by atoms with van der Waals surface area (Å²) >= 11 is 0. The van der Waals surface area contributed by atoms with E-state index in [1.807, 2.05) is 0 Å². The summed E-state index contributed by atoms with van der Waals surface area (Å²) < 4.78 is 0. The van der Waals surface area contributed by atoms with Gasteiger partial charge >= 0.3 is 0 Å². The van der Waals surface area contributed by atoms with E-state index in [0.717, 1.165) is 0 Å². The van der Waals surface area contributed by atoms with Gasteiger partial charge in [0.2, 0.25) is 0 Å². The number of allylic oxidation sites excluding steroid dienone is 4. The van der Waals surface area contributed by atoms with Crippen molar-refractivity contribution in [2.45, 2.75) is 33.1 Å². The van der Waals surface area contributed by atoms with Crippen LogP contribution in [0.5, 0.6) is 0 Å². The van der Waals surface area contributed by atoms with E-state index in [4.69, 9.17) is 0 Å². The number of hydrogen-bond donors (Lipinski definition) is 0. The number of fused-ring (bicyclic) bond motifs is 5. The summed E-state index contributed by atoms with van der Waals surface area (Å²) in [4.78, 5) is 24.5. The number of carbonyl (C=O) groups excluding carboxylic acids is 2. The van der Waals surface area contributed by atoms with Crippen LogP contribution < -0.4 is 0 Å². The van der Waals surface area contributed by atoms with Crippen LogP contribution in [0.25, 0.3) is 0 Å². The van der Waals surface area contributed by atoms with E-state index in [2.05, 4.69) is 13.8 Å². The molecule has 100 valence electrons. The Hall–Kier alpha value is -1.18. The predicted octanol–water partition coefficient (Wildman–Crippen LogP) is 2.94. The zero-order valence-corrected chi connectivity index (χ0v) is 11.6. The largest absolute Gasteiger partial charge is 0.294 e. The molecular weight excluding hydrogens is 236 g/mol. The van der Waals surface area contributed by atoms with Crippen LogP contribution in [0.15, 0.2) is 23.3 Å². The first-order chi connectivity index (χ1) is 9.09. The van der Waals surface area contributed by atoms with Crippen LogP contribution in [0.4, 0.5) is 0 Å². The Morgan fingerprint density at radius 1 is 0.842 bits per heavy atom. The lowest BCUT2D eigenvalue weighted by Crippen LogP contribution is -2.45. The third-order valence-corrected chi connectivity index (χ3v) is 6.16. The first-order valence-corrected chi connectivity index (χ1v) is 7.59. The van der Waals surface area contributed by atoms with E-state index in [1.54, 1.807) is 11.1 Å². The average Bonchev–Trinajstić information content (AvgIpc) is 2.99. The van der Waals surface area contributed by atoms with Gasteiger partial charge in [-0.15, -0.1) is 0 Å². The predicted molar refractivity (Wildman–Crippen MR) is 72.3 cm³/mol. The molecule has 0 spiro atoms. The van der Waals surface area contributed by atoms with Gasteiger partial charge in [-0.3, -0.25) is 9.59 Å². The first-order valence-electron chi connectivity index (χ1n) is 7.59. The van der Waals surface area contributed by atoms with E-state index < -0.39 is 0 Å². The number of rotatable bonds is 0. The summed E-state index contributed by atoms with van der Waals surface area (Å²) in [6.45, 7) is 4.37. The van der Waals surface area contributed by atoms with Crippen LogP contribution >= 0.6 is 0 Å². The molecule has 4 aliphatic carbocycles. The molecular formula is C17H20O2. The van der Waals surface area contributed by atoms with E-state index in [9.17, 15) is 9.59 Å². The van der Waals surface area contributed by atoms with E-state index >= 15 is 0 Å². The lowest BCUT2D eigenvalue weighted by atomic mass is 9.58. The smallest absolute Gasteiger partial charge is 0.160 e. The Morgan fingerprint density at radius 2 is 1.26 bits per heavy atom. The molecule has 0 amide bonds. The van der Waals surface area contributed by atoms with Crippen molar-refractivity contribution in [2.75, 3.05) is 0 Å². The Labute approximate surface area is 113 Å². The summed E-state index contributed by atoms with van der Waals surface area (Å²) in [6, 6.07) is 0. The maximum atomic E-state index is 12.3. The molecule has 2 nitrogen and oxygen atoms in total. The van der Waals surface area contributed by atoms with Crippen LogP contribution in [-0.2, 0) is 9.59 Å². The van der Waals surface area contributed by atoms with Crippen LogP contribution in [0.1, 0.15) is 33.1 Å². The van der Waals surface area contributed by atoms with Crippen molar-refractivity contribution in [1.82, 2.24) is 0 Å². The Morgan fingerprint density at radius 3 is 1.68 bits per heavy atom. The quantitative estimate of drug-likeness (QED) is 0.624. The van der Waals surface area contributed by atoms with Gasteiger partial charge in [0.15, 0.2) is 11.6 Å². The second-order valence-corrected chi connectivity index (χ2v) is 6.88. The van der Waals surface area contributed by atoms with Gasteiger partial charge in [0, 0.05) is 11.8 Å². The molecule has 4 aliphatic rings. The van der Waals surface area contributed by atoms with Crippen molar-refractivity contribution in [3.63, 3.8) is 0 Å². The van der Waals surface area contributed by atoms with Crippen molar-refractivity contribution in [3.05, 3.63) is 23.3 Å². The van der Waals surface area contributed by atoms with Gasteiger partial charge in [-0.25, -0.2) is 0 Å². The lowest BCUT2D eigenvalue weighted by molar-refractivity contribution is -0.132. The van der Waals surface area contributed by atoms with Gasteiger partial charge in [0.25, 0.3) is 0 Å². The van der Waals surface area contributed by atoms with Crippen LogP contribution in [-0.4, -0.2) is 11.6 Å². The summed E-state index contributed by atoms with van der Waals surface area (Å²) in [5.41, 5.74) is 3.14. The minimum atomic E-state index is -0.0781. The average molecular weight is 256 g/mol. The molecule has 2 bridgehead atoms. The second kappa shape index (κ2) is 3.68. The molecule has 2 heteroatoms. The lowest BCUT2D eigenvalue weighted by Gasteiger charge is -2.44. The van der Waals surface area contributed by atoms with Crippen LogP contribution in [0.3, 0.4) is 0 Å². The van der Waals surface area contributed by atoms with Gasteiger partial charge in [0.1, 0.15) is 0 Å². The highest BCUT2D eigenvalue weighted by molar-refractivity contribution is 6.08. The molecule has 0 unspecified atom stereocenters. The summed E-state index contributed by atoms with van der Waals surface area (Å²) in [7, 11) is 0. The van der Waals surface area contributed by atoms with Crippen molar-refractivity contribution < 1.29 is 9.59 Å². The first kappa shape index (κ1) is 11.6. The van der Waals surface area contributed by atoms with Gasteiger partial charge < -0.3 is 0 Å². The standard InChI is InChI=1S/C17H20O2/c1-8-14-10-3-4-11(7-10)15(14)9(2)17-13(19)6-5-12(18)16(8)17/h5-6,8-11,16-17H,3-4,7H2,1-2H3/t8-,9-,10-,11-,16+,17+/m1/s1. The molecule has 0 aromatic carbocycles. The van der Waals surface area contributed by atoms with Crippen molar-refractivity contribution in [3.8, 4) is 0 Å². The van der Waals surface area contributed by atoms with E-state index in [1.165, 1.54) is 31.4 Å². The van der Waals surface area contributed by atoms with Gasteiger partial charge in [0.05, 0.1) is 0 Å². The highest BCUT2D eigenvalue weighted by atomic mass is 16.1. The van der Waals surface area contributed by atoms with Crippen LogP contribution in [0.2, 0.25) is 0 Å². The molecule has 6 atom stereocenters. The SMILES string of the molecule is C[C@@H]1C2=C([C@@H]3CC[C@@H]2C3)[C@@H](C)[C@H]2C(=O)C=CC(=O)[C@@H]21. The zero-order valence-electron chi connectivity index (χ0n) is 11.6. The fourth-order valence-electron chi connectivity index (χ4n) is 5.53. The number of ketones is 2. The second-order valence-electron chi connectivity index (χ2n) is 6.88. The maximum Gasteiger partial charge on any atom is 0.160 e. The third kappa shape index (κ3) is 1.32. The van der Waals surface area contributed by atoms with Crippen molar-refractivity contribution >= 4 is 11.6 Å². The van der Waals surface area contributed by atoms with E-state index in [-0.39, 0.29) is 35.2 Å². The van der Waals surface area contributed by atoms with E-state index in [0.29, 0.717) is 11.8 Å². The van der Waals surface area contributed by atoms with Crippen LogP contribution in [0, 0.1) is 35.5 Å². The summed E-state index contributed by atoms with van der Waals surface area (Å²) in [5.74, 6) is 2.20. The van der Waals surface area contributed by atoms with Gasteiger partial charge in [-0.1, -0.05) is 25.0 Å². The Bertz CT molecular complexity index is 493. The third-order valence-electron chi connectivity index (χ3n) is 6.16. The fourth-order valence-corrected chi connectivity index (χ4v) is 5.53. The molecule has 1 fully saturated rings. The molecule has 0 N–H and O–H groups in total. The molecule has 19 heavy (non-hydrogen) atoms. The minimum absolute atomic E-state index is 0.0781. The molecule has 4 rings (SSSR count). The summed E-state index contributed by atoms with van der Waals surface area (Å²) in [5, 5.41) is 0. The van der Waals surface area contributed by atoms with Crippen molar-refractivity contribution in [1.29, 1.82) is 0 Å². The number of carbonyl (C=O) groups is 2. The molecule has 0 aromatic rings. The zero-order chi connectivity index (χ0) is 13.3. The topological polar surface area (TPSA) is 34.1 Å². The molecule has 0 heterocycles. The van der Waals surface area contributed by atoms with Gasteiger partial charge in [-0.2, -0.15) is 0 Å². The summed E-state index contributed by atoms with van der Waals surface area (Å²) in [6.07, 6.45) is 6.93. The minimum Gasteiger partial charge on any atom is -0.294 e. The van der Waals surface area contributed by atoms with Crippen molar-refractivity contribution in [2.24, 2.45) is 35.5 Å². The molecule has 0 radical (unpaired) electrons. The Kier molecular flexibility index (Phi) is 2.25. The van der Waals surface area contributed by atoms with Gasteiger partial charge in [-0.05, 0) is 55.1 Å². The normalized spacial score (nSPS) is 47.7. The molecule has 0 saturated heterocycles. The molecule has 0 aromatic heterocycles. The monoisotopic (exact) mass is 256 g/mol. The Balaban J connectivity index is 1.86. The molecule has 1 saturated carbocycles. The highest BCUT2D eigenvalue weighted by Crippen LogP contribution is 2.60. The maximum absolute atomic E-state index is 12.3. The molecule has 0 aliphatic heterocycles. The fraction of sp³-hybridized carbons (Fsp3) is 0.647.